The van der Waals surface area contributed by atoms with E-state index in [0.717, 1.165) is 38.8 Å². The van der Waals surface area contributed by atoms with Gasteiger partial charge in [0.2, 0.25) is 11.8 Å². The van der Waals surface area contributed by atoms with Gasteiger partial charge in [0.25, 0.3) is 0 Å². The molecule has 1 spiro atoms. The van der Waals surface area contributed by atoms with Crippen molar-refractivity contribution in [2.45, 2.75) is 44.3 Å². The van der Waals surface area contributed by atoms with Gasteiger partial charge in [-0.25, -0.2) is 0 Å². The molecule has 1 aromatic rings. The first-order valence-corrected chi connectivity index (χ1v) is 7.76. The summed E-state index contributed by atoms with van der Waals surface area (Å²) in [5.41, 5.74) is -0.000331. The van der Waals surface area contributed by atoms with Crippen molar-refractivity contribution in [1.82, 2.24) is 15.3 Å². The second kappa shape index (κ2) is 6.58. The first-order valence-electron chi connectivity index (χ1n) is 7.76. The minimum absolute atomic E-state index is 0.000331. The molecule has 0 amide bonds. The highest BCUT2D eigenvalue weighted by molar-refractivity contribution is 5.13. The van der Waals surface area contributed by atoms with E-state index in [1.807, 2.05) is 0 Å². The summed E-state index contributed by atoms with van der Waals surface area (Å²) in [5, 5.41) is 3.37. The highest BCUT2D eigenvalue weighted by atomic mass is 16.6. The smallest absolute Gasteiger partial charge is 0.235 e. The zero-order valence-corrected chi connectivity index (χ0v) is 12.5. The number of hydrogen-bond donors (Lipinski definition) is 1. The van der Waals surface area contributed by atoms with Crippen LogP contribution in [0.2, 0.25) is 0 Å². The molecule has 0 bridgehead atoms. The van der Waals surface area contributed by atoms with Crippen LogP contribution in [0.3, 0.4) is 0 Å². The molecule has 6 heteroatoms. The van der Waals surface area contributed by atoms with Crippen LogP contribution in [0.1, 0.15) is 32.6 Å². The summed E-state index contributed by atoms with van der Waals surface area (Å²) in [4.78, 5) is 8.45. The molecule has 0 saturated carbocycles. The van der Waals surface area contributed by atoms with E-state index in [2.05, 4.69) is 22.2 Å². The van der Waals surface area contributed by atoms with E-state index in [0.29, 0.717) is 25.0 Å². The third kappa shape index (κ3) is 3.63. The first-order chi connectivity index (χ1) is 10.3. The molecule has 0 aliphatic carbocycles. The van der Waals surface area contributed by atoms with Crippen molar-refractivity contribution >= 4 is 0 Å². The number of nitrogens with zero attached hydrogens (tertiary/aromatic N) is 2. The van der Waals surface area contributed by atoms with Gasteiger partial charge in [-0.05, 0) is 32.4 Å². The van der Waals surface area contributed by atoms with E-state index in [4.69, 9.17) is 14.2 Å². The minimum atomic E-state index is -0.000331. The fraction of sp³-hybridized carbons (Fsp3) is 0.733. The van der Waals surface area contributed by atoms with Crippen molar-refractivity contribution < 1.29 is 14.2 Å². The Labute approximate surface area is 125 Å². The molecule has 2 saturated heterocycles. The van der Waals surface area contributed by atoms with E-state index < -0.39 is 0 Å². The van der Waals surface area contributed by atoms with Crippen LogP contribution in [0.25, 0.3) is 0 Å². The van der Waals surface area contributed by atoms with Crippen molar-refractivity contribution in [2.75, 3.05) is 26.3 Å². The van der Waals surface area contributed by atoms with Crippen LogP contribution >= 0.6 is 0 Å². The number of aromatic nitrogens is 2. The van der Waals surface area contributed by atoms with Gasteiger partial charge in [-0.3, -0.25) is 4.98 Å². The van der Waals surface area contributed by atoms with E-state index in [1.165, 1.54) is 0 Å². The third-order valence-electron chi connectivity index (χ3n) is 4.02. The Morgan fingerprint density at radius 3 is 2.95 bits per heavy atom. The quantitative estimate of drug-likeness (QED) is 0.888. The summed E-state index contributed by atoms with van der Waals surface area (Å²) in [6.07, 6.45) is 7.28. The normalized spacial score (nSPS) is 24.1. The van der Waals surface area contributed by atoms with E-state index in [9.17, 15) is 0 Å². The largest absolute Gasteiger partial charge is 0.477 e. The fourth-order valence-corrected chi connectivity index (χ4v) is 2.94. The topological polar surface area (TPSA) is 65.5 Å². The molecule has 116 valence electrons. The molecule has 21 heavy (non-hydrogen) atoms. The van der Waals surface area contributed by atoms with E-state index in [-0.39, 0.29) is 11.7 Å². The average molecular weight is 293 g/mol. The predicted molar refractivity (Wildman–Crippen MR) is 77.6 cm³/mol. The average Bonchev–Trinajstić information content (AvgIpc) is 2.88. The summed E-state index contributed by atoms with van der Waals surface area (Å²) in [7, 11) is 0. The Kier molecular flexibility index (Phi) is 4.55. The van der Waals surface area contributed by atoms with Crippen molar-refractivity contribution in [3.63, 3.8) is 0 Å². The van der Waals surface area contributed by atoms with Crippen LogP contribution < -0.4 is 14.8 Å². The number of nitrogens with one attached hydrogen (secondary N) is 1. The van der Waals surface area contributed by atoms with Crippen LogP contribution in [-0.2, 0) is 4.74 Å². The zero-order chi connectivity index (χ0) is 14.5. The monoisotopic (exact) mass is 293 g/mol. The molecule has 1 atom stereocenters. The molecule has 6 nitrogen and oxygen atoms in total. The van der Waals surface area contributed by atoms with Gasteiger partial charge >= 0.3 is 0 Å². The fourth-order valence-electron chi connectivity index (χ4n) is 2.94. The molecule has 1 N–H and O–H groups in total. The molecule has 2 fully saturated rings. The van der Waals surface area contributed by atoms with Gasteiger partial charge in [0, 0.05) is 6.42 Å². The molecule has 3 rings (SSSR count). The van der Waals surface area contributed by atoms with Crippen LogP contribution in [0.15, 0.2) is 12.4 Å². The highest BCUT2D eigenvalue weighted by Gasteiger charge is 2.42. The maximum absolute atomic E-state index is 6.02. The Morgan fingerprint density at radius 1 is 1.33 bits per heavy atom. The zero-order valence-electron chi connectivity index (χ0n) is 12.5. The molecule has 2 aliphatic rings. The van der Waals surface area contributed by atoms with Crippen LogP contribution in [0.5, 0.6) is 11.8 Å². The standard InChI is InChI=1S/C15H23N3O3/c1-2-7-19-13-9-17-10-14(18-13)21-12-8-15(20-11-12)3-5-16-6-4-15/h9-10,12,16H,2-8,11H2,1H3. The molecular weight excluding hydrogens is 270 g/mol. The Hall–Kier alpha value is -1.40. The molecule has 2 aliphatic heterocycles. The van der Waals surface area contributed by atoms with Gasteiger partial charge in [0.1, 0.15) is 6.10 Å². The van der Waals surface area contributed by atoms with Gasteiger partial charge in [-0.2, -0.15) is 4.98 Å². The maximum atomic E-state index is 6.02. The molecule has 0 aromatic carbocycles. The first kappa shape index (κ1) is 14.5. The number of piperidine rings is 1. The van der Waals surface area contributed by atoms with Crippen LogP contribution in [-0.4, -0.2) is 48.0 Å². The van der Waals surface area contributed by atoms with Gasteiger partial charge < -0.3 is 19.5 Å². The van der Waals surface area contributed by atoms with Crippen molar-refractivity contribution in [1.29, 1.82) is 0 Å². The van der Waals surface area contributed by atoms with Gasteiger partial charge in [0.15, 0.2) is 0 Å². The third-order valence-corrected chi connectivity index (χ3v) is 4.02. The Bertz CT molecular complexity index is 463. The molecule has 1 unspecified atom stereocenters. The molecule has 0 radical (unpaired) electrons. The van der Waals surface area contributed by atoms with E-state index in [1.54, 1.807) is 12.4 Å². The highest BCUT2D eigenvalue weighted by Crippen LogP contribution is 2.35. The van der Waals surface area contributed by atoms with Crippen LogP contribution in [0, 0.1) is 0 Å². The molecule has 3 heterocycles. The summed E-state index contributed by atoms with van der Waals surface area (Å²) in [6, 6.07) is 0. The number of rotatable bonds is 5. The SMILES string of the molecule is CCCOc1cncc(OC2COC3(CCNCC3)C2)n1. The maximum Gasteiger partial charge on any atom is 0.235 e. The number of hydrogen-bond acceptors (Lipinski definition) is 6. The van der Waals surface area contributed by atoms with Crippen LogP contribution in [0.4, 0.5) is 0 Å². The lowest BCUT2D eigenvalue weighted by Crippen LogP contribution is -2.41. The second-order valence-corrected chi connectivity index (χ2v) is 5.73. The van der Waals surface area contributed by atoms with Gasteiger partial charge in [-0.15, -0.1) is 0 Å². The second-order valence-electron chi connectivity index (χ2n) is 5.73. The summed E-state index contributed by atoms with van der Waals surface area (Å²) in [5.74, 6) is 1.04. The van der Waals surface area contributed by atoms with E-state index >= 15 is 0 Å². The van der Waals surface area contributed by atoms with Crippen molar-refractivity contribution in [2.24, 2.45) is 0 Å². The van der Waals surface area contributed by atoms with Gasteiger partial charge in [0.05, 0.1) is 31.2 Å². The minimum Gasteiger partial charge on any atom is -0.477 e. The Balaban J connectivity index is 1.57. The molecule has 1 aromatic heterocycles. The predicted octanol–water partition coefficient (Wildman–Crippen LogP) is 1.56. The summed E-state index contributed by atoms with van der Waals surface area (Å²) in [6.45, 7) is 5.37. The lowest BCUT2D eigenvalue weighted by molar-refractivity contribution is -0.0206. The lowest BCUT2D eigenvalue weighted by atomic mass is 9.89. The Morgan fingerprint density at radius 2 is 2.14 bits per heavy atom. The van der Waals surface area contributed by atoms with Gasteiger partial charge in [-0.1, -0.05) is 6.92 Å². The lowest BCUT2D eigenvalue weighted by Gasteiger charge is -2.32. The molecular formula is C15H23N3O3. The van der Waals surface area contributed by atoms with Crippen molar-refractivity contribution in [3.8, 4) is 11.8 Å². The number of ether oxygens (including phenoxy) is 3. The summed E-state index contributed by atoms with van der Waals surface area (Å²) < 4.78 is 17.4. The van der Waals surface area contributed by atoms with Crippen molar-refractivity contribution in [3.05, 3.63) is 12.4 Å². The summed E-state index contributed by atoms with van der Waals surface area (Å²) >= 11 is 0.